The van der Waals surface area contributed by atoms with Crippen molar-refractivity contribution >= 4 is 22.4 Å². The van der Waals surface area contributed by atoms with Crippen molar-refractivity contribution in [3.05, 3.63) is 64.8 Å². The summed E-state index contributed by atoms with van der Waals surface area (Å²) in [6.45, 7) is 2.10. The summed E-state index contributed by atoms with van der Waals surface area (Å²) in [5.74, 6) is 0.717. The summed E-state index contributed by atoms with van der Waals surface area (Å²) in [6.07, 6.45) is 5.34. The van der Waals surface area contributed by atoms with Crippen LogP contribution in [0.4, 0.5) is 0 Å². The number of hydrogen-bond donors (Lipinski definition) is 0. The first-order valence-corrected chi connectivity index (χ1v) is 8.76. The molecule has 4 rings (SSSR count). The number of nitrogens with zero attached hydrogens (tertiary/aromatic N) is 1. The Morgan fingerprint density at radius 1 is 0.957 bits per heavy atom. The fourth-order valence-corrected chi connectivity index (χ4v) is 3.88. The minimum Gasteiger partial charge on any atom is -0.235 e. The standard InChI is InChI=1S/C21H20ClN/c1-14-6-8-16(9-7-14)20-13-18-12-17(15-4-2-3-5-15)10-11-19(18)21(22)23-20/h6-13,15H,2-5H2,1H3. The largest absolute Gasteiger partial charge is 0.235 e. The molecule has 0 spiro atoms. The van der Waals surface area contributed by atoms with Gasteiger partial charge < -0.3 is 0 Å². The number of aromatic nitrogens is 1. The zero-order chi connectivity index (χ0) is 15.8. The van der Waals surface area contributed by atoms with E-state index in [9.17, 15) is 0 Å². The van der Waals surface area contributed by atoms with Gasteiger partial charge in [-0.1, -0.05) is 72.5 Å². The van der Waals surface area contributed by atoms with E-state index in [0.717, 1.165) is 16.6 Å². The van der Waals surface area contributed by atoms with E-state index in [1.807, 2.05) is 0 Å². The molecule has 0 bridgehead atoms. The second-order valence-corrected chi connectivity index (χ2v) is 6.98. The van der Waals surface area contributed by atoms with Crippen molar-refractivity contribution in [2.24, 2.45) is 0 Å². The summed E-state index contributed by atoms with van der Waals surface area (Å²) in [5, 5.41) is 2.84. The lowest BCUT2D eigenvalue weighted by atomic mass is 9.95. The molecule has 1 heterocycles. The normalized spacial score (nSPS) is 15.4. The summed E-state index contributed by atoms with van der Waals surface area (Å²) >= 11 is 6.44. The van der Waals surface area contributed by atoms with Gasteiger partial charge in [0.2, 0.25) is 0 Å². The first kappa shape index (κ1) is 14.7. The van der Waals surface area contributed by atoms with Crippen LogP contribution in [-0.2, 0) is 0 Å². The zero-order valence-electron chi connectivity index (χ0n) is 13.3. The minimum absolute atomic E-state index is 0.594. The van der Waals surface area contributed by atoms with Crippen LogP contribution in [0.25, 0.3) is 22.0 Å². The maximum absolute atomic E-state index is 6.44. The molecular formula is C21H20ClN. The van der Waals surface area contributed by atoms with Crippen molar-refractivity contribution in [1.82, 2.24) is 4.98 Å². The summed E-state index contributed by atoms with van der Waals surface area (Å²) in [5.41, 5.74) is 4.77. The highest BCUT2D eigenvalue weighted by molar-refractivity contribution is 6.34. The van der Waals surface area contributed by atoms with Gasteiger partial charge in [-0.15, -0.1) is 0 Å². The Kier molecular flexibility index (Phi) is 3.82. The average molecular weight is 322 g/mol. The summed E-state index contributed by atoms with van der Waals surface area (Å²) in [7, 11) is 0. The third-order valence-corrected chi connectivity index (χ3v) is 5.27. The van der Waals surface area contributed by atoms with Gasteiger partial charge in [-0.3, -0.25) is 0 Å². The number of pyridine rings is 1. The topological polar surface area (TPSA) is 12.9 Å². The highest BCUT2D eigenvalue weighted by atomic mass is 35.5. The van der Waals surface area contributed by atoms with E-state index in [1.54, 1.807) is 0 Å². The number of halogens is 1. The fraction of sp³-hybridized carbons (Fsp3) is 0.286. The highest BCUT2D eigenvalue weighted by Crippen LogP contribution is 2.36. The lowest BCUT2D eigenvalue weighted by Crippen LogP contribution is -1.93. The molecule has 0 aliphatic heterocycles. The van der Waals surface area contributed by atoms with Crippen molar-refractivity contribution < 1.29 is 0 Å². The van der Waals surface area contributed by atoms with Gasteiger partial charge in [0, 0.05) is 10.9 Å². The van der Waals surface area contributed by atoms with E-state index >= 15 is 0 Å². The van der Waals surface area contributed by atoms with Crippen molar-refractivity contribution in [3.8, 4) is 11.3 Å². The smallest absolute Gasteiger partial charge is 0.137 e. The minimum atomic E-state index is 0.594. The summed E-state index contributed by atoms with van der Waals surface area (Å²) in [4.78, 5) is 4.59. The quantitative estimate of drug-likeness (QED) is 0.489. The number of benzene rings is 2. The van der Waals surface area contributed by atoms with Crippen molar-refractivity contribution in [2.75, 3.05) is 0 Å². The molecule has 1 aliphatic carbocycles. The van der Waals surface area contributed by atoms with Gasteiger partial charge in [0.1, 0.15) is 5.15 Å². The Labute approximate surface area is 142 Å². The van der Waals surface area contributed by atoms with Crippen LogP contribution < -0.4 is 0 Å². The second kappa shape index (κ2) is 5.98. The summed E-state index contributed by atoms with van der Waals surface area (Å²) in [6, 6.07) is 17.3. The molecule has 1 saturated carbocycles. The molecule has 0 radical (unpaired) electrons. The van der Waals surface area contributed by atoms with Gasteiger partial charge in [0.05, 0.1) is 5.69 Å². The van der Waals surface area contributed by atoms with Gasteiger partial charge in [0.15, 0.2) is 0 Å². The monoisotopic (exact) mass is 321 g/mol. The molecule has 2 aromatic carbocycles. The molecule has 0 atom stereocenters. The predicted molar refractivity (Wildman–Crippen MR) is 98.1 cm³/mol. The van der Waals surface area contributed by atoms with Crippen LogP contribution in [-0.4, -0.2) is 4.98 Å². The van der Waals surface area contributed by atoms with Crippen LogP contribution in [0.3, 0.4) is 0 Å². The van der Waals surface area contributed by atoms with Crippen molar-refractivity contribution in [3.63, 3.8) is 0 Å². The SMILES string of the molecule is Cc1ccc(-c2cc3cc(C4CCCC4)ccc3c(Cl)n2)cc1. The van der Waals surface area contributed by atoms with E-state index in [2.05, 4.69) is 60.4 Å². The Bertz CT molecular complexity index is 846. The molecule has 1 aromatic heterocycles. The van der Waals surface area contributed by atoms with Gasteiger partial charge in [-0.05, 0) is 42.7 Å². The molecule has 1 aliphatic rings. The first-order valence-electron chi connectivity index (χ1n) is 8.38. The van der Waals surface area contributed by atoms with E-state index in [0.29, 0.717) is 11.1 Å². The first-order chi connectivity index (χ1) is 11.2. The Morgan fingerprint density at radius 2 is 1.70 bits per heavy atom. The summed E-state index contributed by atoms with van der Waals surface area (Å²) < 4.78 is 0. The zero-order valence-corrected chi connectivity index (χ0v) is 14.1. The molecule has 23 heavy (non-hydrogen) atoms. The van der Waals surface area contributed by atoms with Gasteiger partial charge in [0.25, 0.3) is 0 Å². The van der Waals surface area contributed by atoms with E-state index in [-0.39, 0.29) is 0 Å². The molecular weight excluding hydrogens is 302 g/mol. The van der Waals surface area contributed by atoms with E-state index in [1.165, 1.54) is 42.2 Å². The van der Waals surface area contributed by atoms with Gasteiger partial charge in [-0.25, -0.2) is 4.98 Å². The molecule has 0 N–H and O–H groups in total. The molecule has 3 aromatic rings. The Morgan fingerprint density at radius 3 is 2.43 bits per heavy atom. The number of hydrogen-bond acceptors (Lipinski definition) is 1. The lowest BCUT2D eigenvalue weighted by Gasteiger charge is -2.12. The van der Waals surface area contributed by atoms with Crippen molar-refractivity contribution in [1.29, 1.82) is 0 Å². The molecule has 0 saturated heterocycles. The van der Waals surface area contributed by atoms with Crippen LogP contribution in [0.2, 0.25) is 5.15 Å². The highest BCUT2D eigenvalue weighted by Gasteiger charge is 2.17. The van der Waals surface area contributed by atoms with Crippen LogP contribution in [0.5, 0.6) is 0 Å². The third kappa shape index (κ3) is 2.86. The molecule has 0 amide bonds. The van der Waals surface area contributed by atoms with Crippen LogP contribution in [0.1, 0.15) is 42.7 Å². The van der Waals surface area contributed by atoms with Gasteiger partial charge >= 0.3 is 0 Å². The molecule has 1 fully saturated rings. The van der Waals surface area contributed by atoms with Gasteiger partial charge in [-0.2, -0.15) is 0 Å². The number of aryl methyl sites for hydroxylation is 1. The molecule has 1 nitrogen and oxygen atoms in total. The maximum Gasteiger partial charge on any atom is 0.137 e. The van der Waals surface area contributed by atoms with E-state index in [4.69, 9.17) is 11.6 Å². The second-order valence-electron chi connectivity index (χ2n) is 6.63. The fourth-order valence-electron chi connectivity index (χ4n) is 3.62. The number of rotatable bonds is 2. The number of fused-ring (bicyclic) bond motifs is 1. The molecule has 2 heteroatoms. The Balaban J connectivity index is 1.82. The van der Waals surface area contributed by atoms with E-state index < -0.39 is 0 Å². The maximum atomic E-state index is 6.44. The van der Waals surface area contributed by atoms with Crippen LogP contribution in [0, 0.1) is 6.92 Å². The Hall–Kier alpha value is -1.86. The van der Waals surface area contributed by atoms with Crippen molar-refractivity contribution in [2.45, 2.75) is 38.5 Å². The third-order valence-electron chi connectivity index (χ3n) is 4.98. The average Bonchev–Trinajstić information content (AvgIpc) is 3.09. The molecule has 0 unspecified atom stereocenters. The molecule has 116 valence electrons. The predicted octanol–water partition coefficient (Wildman–Crippen LogP) is 6.52. The lowest BCUT2D eigenvalue weighted by molar-refractivity contribution is 0.724. The van der Waals surface area contributed by atoms with Crippen LogP contribution in [0.15, 0.2) is 48.5 Å². The van der Waals surface area contributed by atoms with Crippen LogP contribution >= 0.6 is 11.6 Å².